The number of nitrogens with zero attached hydrogens (tertiary/aromatic N) is 5. The maximum Gasteiger partial charge on any atom is 0.249 e. The maximum absolute atomic E-state index is 12.4. The molecular weight excluding hydrogens is 416 g/mol. The summed E-state index contributed by atoms with van der Waals surface area (Å²) >= 11 is 0. The zero-order valence-electron chi connectivity index (χ0n) is 18.3. The summed E-state index contributed by atoms with van der Waals surface area (Å²) in [5, 5.41) is 5.54. The van der Waals surface area contributed by atoms with Gasteiger partial charge in [0, 0.05) is 18.2 Å². The molecule has 8 nitrogen and oxygen atoms in total. The number of amides is 1. The van der Waals surface area contributed by atoms with Gasteiger partial charge >= 0.3 is 0 Å². The fourth-order valence-corrected chi connectivity index (χ4v) is 4.14. The number of hydrogen-bond acceptors (Lipinski definition) is 6. The molecule has 1 aliphatic heterocycles. The fourth-order valence-electron chi connectivity index (χ4n) is 4.14. The van der Waals surface area contributed by atoms with Crippen LogP contribution in [0.4, 0.5) is 5.82 Å². The second-order valence-electron chi connectivity index (χ2n) is 8.14. The van der Waals surface area contributed by atoms with Crippen molar-refractivity contribution in [2.45, 2.75) is 25.4 Å². The van der Waals surface area contributed by atoms with E-state index in [2.05, 4.69) is 16.5 Å². The summed E-state index contributed by atoms with van der Waals surface area (Å²) in [6.45, 7) is 4.38. The molecule has 1 aliphatic rings. The third-order valence-corrected chi connectivity index (χ3v) is 6.00. The van der Waals surface area contributed by atoms with Crippen molar-refractivity contribution in [2.75, 3.05) is 12.8 Å². The van der Waals surface area contributed by atoms with Crippen LogP contribution in [-0.2, 0) is 11.3 Å². The summed E-state index contributed by atoms with van der Waals surface area (Å²) in [6.07, 6.45) is 2.94. The number of ether oxygens (including phenoxy) is 1. The normalized spacial score (nSPS) is 16.4. The molecule has 0 bridgehead atoms. The molecule has 8 heteroatoms. The SMILES string of the molecule is C=C1CC[C@@H](Cn2nc(-c3ccc(Oc4ccccc4)cc3)c3c(N)ncnc32)N(C)C1=O. The molecule has 3 heterocycles. The highest BCUT2D eigenvalue weighted by Crippen LogP contribution is 2.33. The number of carbonyl (C=O) groups excluding carboxylic acids is 1. The number of nitrogen functional groups attached to an aromatic ring is 1. The smallest absolute Gasteiger partial charge is 0.249 e. The number of piperidine rings is 1. The van der Waals surface area contributed by atoms with Crippen molar-refractivity contribution in [2.24, 2.45) is 0 Å². The van der Waals surface area contributed by atoms with E-state index in [4.69, 9.17) is 15.6 Å². The van der Waals surface area contributed by atoms with Crippen molar-refractivity contribution >= 4 is 22.8 Å². The second-order valence-corrected chi connectivity index (χ2v) is 8.14. The van der Waals surface area contributed by atoms with Crippen LogP contribution >= 0.6 is 0 Å². The summed E-state index contributed by atoms with van der Waals surface area (Å²) in [4.78, 5) is 22.7. The van der Waals surface area contributed by atoms with E-state index >= 15 is 0 Å². The van der Waals surface area contributed by atoms with Crippen molar-refractivity contribution in [3.63, 3.8) is 0 Å². The number of benzene rings is 2. The summed E-state index contributed by atoms with van der Waals surface area (Å²) in [6, 6.07) is 17.3. The van der Waals surface area contributed by atoms with Gasteiger partial charge in [0.15, 0.2) is 5.65 Å². The molecule has 2 N–H and O–H groups in total. The van der Waals surface area contributed by atoms with E-state index < -0.39 is 0 Å². The van der Waals surface area contributed by atoms with E-state index in [1.165, 1.54) is 6.33 Å². The van der Waals surface area contributed by atoms with Crippen LogP contribution in [0, 0.1) is 0 Å². The highest BCUT2D eigenvalue weighted by atomic mass is 16.5. The maximum atomic E-state index is 12.4. The zero-order chi connectivity index (χ0) is 22.9. The Morgan fingerprint density at radius 3 is 2.58 bits per heavy atom. The van der Waals surface area contributed by atoms with Crippen LogP contribution in [0.5, 0.6) is 11.5 Å². The molecule has 0 radical (unpaired) electrons. The Labute approximate surface area is 191 Å². The Balaban J connectivity index is 1.48. The largest absolute Gasteiger partial charge is 0.457 e. The topological polar surface area (TPSA) is 99.2 Å². The summed E-state index contributed by atoms with van der Waals surface area (Å²) in [5.41, 5.74) is 9.10. The van der Waals surface area contributed by atoms with Gasteiger partial charge in [-0.25, -0.2) is 14.6 Å². The Morgan fingerprint density at radius 2 is 1.82 bits per heavy atom. The number of anilines is 1. The van der Waals surface area contributed by atoms with E-state index in [0.29, 0.717) is 41.1 Å². The molecule has 33 heavy (non-hydrogen) atoms. The molecule has 1 amide bonds. The van der Waals surface area contributed by atoms with Gasteiger partial charge in [0.2, 0.25) is 5.91 Å². The minimum absolute atomic E-state index is 0.00297. The predicted octanol–water partition coefficient (Wildman–Crippen LogP) is 4.04. The number of nitrogens with two attached hydrogens (primary N) is 1. The van der Waals surface area contributed by atoms with Gasteiger partial charge in [-0.3, -0.25) is 4.79 Å². The first-order valence-corrected chi connectivity index (χ1v) is 10.8. The first kappa shape index (κ1) is 20.7. The highest BCUT2D eigenvalue weighted by Gasteiger charge is 2.29. The average molecular weight is 441 g/mol. The molecule has 1 saturated heterocycles. The van der Waals surface area contributed by atoms with Crippen LogP contribution in [0.3, 0.4) is 0 Å². The number of hydrogen-bond donors (Lipinski definition) is 1. The molecule has 0 aliphatic carbocycles. The third kappa shape index (κ3) is 3.91. The fraction of sp³-hybridized carbons (Fsp3) is 0.200. The lowest BCUT2D eigenvalue weighted by molar-refractivity contribution is -0.130. The molecule has 1 fully saturated rings. The first-order chi connectivity index (χ1) is 16.0. The van der Waals surface area contributed by atoms with Crippen LogP contribution in [0.1, 0.15) is 12.8 Å². The van der Waals surface area contributed by atoms with Gasteiger partial charge < -0.3 is 15.4 Å². The summed E-state index contributed by atoms with van der Waals surface area (Å²) in [7, 11) is 1.80. The number of likely N-dealkylation sites (N-methyl/N-ethyl adjacent to an activating group) is 1. The Hall–Kier alpha value is -4.20. The van der Waals surface area contributed by atoms with Crippen LogP contribution < -0.4 is 10.5 Å². The number of para-hydroxylation sites is 1. The molecule has 4 aromatic rings. The lowest BCUT2D eigenvalue weighted by Crippen LogP contribution is -2.44. The van der Waals surface area contributed by atoms with Crippen molar-refractivity contribution in [1.82, 2.24) is 24.6 Å². The minimum atomic E-state index is -0.0221. The molecule has 2 aromatic heterocycles. The molecule has 0 saturated carbocycles. The van der Waals surface area contributed by atoms with E-state index in [1.54, 1.807) is 11.9 Å². The van der Waals surface area contributed by atoms with Crippen LogP contribution in [0.15, 0.2) is 73.1 Å². The van der Waals surface area contributed by atoms with Crippen molar-refractivity contribution in [3.05, 3.63) is 73.1 Å². The second kappa shape index (κ2) is 8.38. The van der Waals surface area contributed by atoms with Gasteiger partial charge in [0.05, 0.1) is 18.0 Å². The lowest BCUT2D eigenvalue weighted by Gasteiger charge is -2.33. The lowest BCUT2D eigenvalue weighted by atomic mass is 9.99. The molecule has 166 valence electrons. The molecule has 0 unspecified atom stereocenters. The summed E-state index contributed by atoms with van der Waals surface area (Å²) < 4.78 is 7.72. The van der Waals surface area contributed by atoms with E-state index in [-0.39, 0.29) is 11.9 Å². The molecule has 5 rings (SSSR count). The van der Waals surface area contributed by atoms with E-state index in [0.717, 1.165) is 23.5 Å². The predicted molar refractivity (Wildman–Crippen MR) is 127 cm³/mol. The number of fused-ring (bicyclic) bond motifs is 1. The Bertz CT molecular complexity index is 1330. The van der Waals surface area contributed by atoms with E-state index in [9.17, 15) is 4.79 Å². The van der Waals surface area contributed by atoms with Crippen molar-refractivity contribution in [1.29, 1.82) is 0 Å². The minimum Gasteiger partial charge on any atom is -0.457 e. The van der Waals surface area contributed by atoms with E-state index in [1.807, 2.05) is 59.3 Å². The molecule has 0 spiro atoms. The zero-order valence-corrected chi connectivity index (χ0v) is 18.3. The van der Waals surface area contributed by atoms with Crippen molar-refractivity contribution < 1.29 is 9.53 Å². The molecular formula is C25H24N6O2. The Kier molecular flexibility index (Phi) is 5.26. The number of carbonyl (C=O) groups is 1. The summed E-state index contributed by atoms with van der Waals surface area (Å²) in [5.74, 6) is 1.84. The molecule has 2 aromatic carbocycles. The standard InChI is InChI=1S/C25H24N6O2/c1-16-8-11-18(30(2)25(16)32)14-31-24-21(23(26)27-15-28-24)22(29-31)17-9-12-20(13-10-17)33-19-6-4-3-5-7-19/h3-7,9-10,12-13,15,18H,1,8,11,14H2,2H3,(H2,26,27,28)/t18-/m0/s1. The monoisotopic (exact) mass is 440 g/mol. The third-order valence-electron chi connectivity index (χ3n) is 6.00. The number of aromatic nitrogens is 4. The van der Waals surface area contributed by atoms with Gasteiger partial charge in [0.25, 0.3) is 0 Å². The first-order valence-electron chi connectivity index (χ1n) is 10.8. The van der Waals surface area contributed by atoms with Crippen LogP contribution in [-0.4, -0.2) is 43.6 Å². The van der Waals surface area contributed by atoms with Gasteiger partial charge in [-0.1, -0.05) is 24.8 Å². The van der Waals surface area contributed by atoms with Crippen LogP contribution in [0.25, 0.3) is 22.3 Å². The molecule has 1 atom stereocenters. The van der Waals surface area contributed by atoms with Gasteiger partial charge in [0.1, 0.15) is 29.3 Å². The number of rotatable bonds is 5. The highest BCUT2D eigenvalue weighted by molar-refractivity contribution is 5.98. The van der Waals surface area contributed by atoms with Gasteiger partial charge in [-0.05, 0) is 49.2 Å². The Morgan fingerprint density at radius 1 is 1.09 bits per heavy atom. The number of likely N-dealkylation sites (tertiary alicyclic amines) is 1. The van der Waals surface area contributed by atoms with Gasteiger partial charge in [-0.2, -0.15) is 5.10 Å². The van der Waals surface area contributed by atoms with Gasteiger partial charge in [-0.15, -0.1) is 0 Å². The average Bonchev–Trinajstić information content (AvgIpc) is 3.20. The van der Waals surface area contributed by atoms with Crippen molar-refractivity contribution in [3.8, 4) is 22.8 Å². The quantitative estimate of drug-likeness (QED) is 0.470. The van der Waals surface area contributed by atoms with Crippen LogP contribution in [0.2, 0.25) is 0 Å².